The van der Waals surface area contributed by atoms with E-state index < -0.39 is 24.7 Å². The monoisotopic (exact) mass is 157 g/mol. The molecule has 0 nitrogen and oxygen atoms in total. The van der Waals surface area contributed by atoms with Crippen molar-refractivity contribution >= 4 is 0 Å². The van der Waals surface area contributed by atoms with E-state index in [1.165, 1.54) is 6.92 Å². The summed E-state index contributed by atoms with van der Waals surface area (Å²) in [7, 11) is 0. The number of rotatable bonds is 3. The summed E-state index contributed by atoms with van der Waals surface area (Å²) in [6, 6.07) is 0. The molecule has 61 valence electrons. The fourth-order valence-corrected chi connectivity index (χ4v) is 0.554. The van der Waals surface area contributed by atoms with Crippen LogP contribution in [-0.2, 0) is 0 Å². The Morgan fingerprint density at radius 1 is 1.40 bits per heavy atom. The highest BCUT2D eigenvalue weighted by atomic mass is 19.3. The number of halogens is 4. The van der Waals surface area contributed by atoms with Crippen LogP contribution in [0.3, 0.4) is 0 Å². The van der Waals surface area contributed by atoms with Gasteiger partial charge < -0.3 is 0 Å². The van der Waals surface area contributed by atoms with Gasteiger partial charge in [0.05, 0.1) is 0 Å². The first-order chi connectivity index (χ1) is 4.36. The molecule has 0 aliphatic carbocycles. The molecule has 1 radical (unpaired) electrons. The number of alkyl halides is 4. The van der Waals surface area contributed by atoms with Crippen LogP contribution in [0.25, 0.3) is 0 Å². The second-order valence-corrected chi connectivity index (χ2v) is 2.37. The fraction of sp³-hybridized carbons (Fsp3) is 0.833. The van der Waals surface area contributed by atoms with E-state index in [-0.39, 0.29) is 0 Å². The van der Waals surface area contributed by atoms with Gasteiger partial charge in [-0.1, -0.05) is 13.8 Å². The van der Waals surface area contributed by atoms with E-state index in [0.29, 0.717) is 0 Å². The van der Waals surface area contributed by atoms with Crippen LogP contribution < -0.4 is 0 Å². The average molecular weight is 157 g/mol. The van der Waals surface area contributed by atoms with Crippen molar-refractivity contribution in [3.8, 4) is 0 Å². The van der Waals surface area contributed by atoms with Gasteiger partial charge in [-0.2, -0.15) is 0 Å². The maximum Gasteiger partial charge on any atom is 0.307 e. The SMILES string of the molecule is [CH2]C(C)CC(F)(F)C(F)F. The summed E-state index contributed by atoms with van der Waals surface area (Å²) in [6.45, 7) is 4.56. The molecule has 1 atom stereocenters. The van der Waals surface area contributed by atoms with Crippen LogP contribution >= 0.6 is 0 Å². The Morgan fingerprint density at radius 3 is 1.90 bits per heavy atom. The molecule has 0 amide bonds. The molecule has 0 aromatic heterocycles. The van der Waals surface area contributed by atoms with Gasteiger partial charge in [-0.05, 0) is 5.92 Å². The van der Waals surface area contributed by atoms with Gasteiger partial charge in [-0.25, -0.2) is 17.6 Å². The predicted molar refractivity (Wildman–Crippen MR) is 30.1 cm³/mol. The third-order valence-electron chi connectivity index (χ3n) is 0.940. The normalized spacial score (nSPS) is 13.2. The predicted octanol–water partition coefficient (Wildman–Crippen LogP) is 2.75. The molecule has 0 aromatic carbocycles. The molecule has 0 aliphatic heterocycles. The summed E-state index contributed by atoms with van der Waals surface area (Å²) in [4.78, 5) is 0. The molecule has 10 heavy (non-hydrogen) atoms. The van der Waals surface area contributed by atoms with E-state index in [4.69, 9.17) is 0 Å². The topological polar surface area (TPSA) is 0 Å². The van der Waals surface area contributed by atoms with Gasteiger partial charge in [0, 0.05) is 6.42 Å². The zero-order valence-corrected chi connectivity index (χ0v) is 5.58. The first kappa shape index (κ1) is 9.72. The lowest BCUT2D eigenvalue weighted by Gasteiger charge is -2.16. The Hall–Kier alpha value is -0.280. The summed E-state index contributed by atoms with van der Waals surface area (Å²) in [5, 5.41) is 0. The van der Waals surface area contributed by atoms with Gasteiger partial charge in [0.1, 0.15) is 0 Å². The van der Waals surface area contributed by atoms with E-state index in [2.05, 4.69) is 6.92 Å². The Balaban J connectivity index is 3.87. The van der Waals surface area contributed by atoms with E-state index in [1.807, 2.05) is 0 Å². The van der Waals surface area contributed by atoms with E-state index in [0.717, 1.165) is 0 Å². The van der Waals surface area contributed by atoms with Crippen LogP contribution in [0.4, 0.5) is 17.6 Å². The second kappa shape index (κ2) is 3.21. The average Bonchev–Trinajstić information content (AvgIpc) is 1.60. The molecule has 0 saturated carbocycles. The summed E-state index contributed by atoms with van der Waals surface area (Å²) < 4.78 is 46.8. The number of hydrogen-bond donors (Lipinski definition) is 0. The highest BCUT2D eigenvalue weighted by Gasteiger charge is 2.40. The molecule has 4 heteroatoms. The van der Waals surface area contributed by atoms with Gasteiger partial charge in [0.15, 0.2) is 0 Å². The summed E-state index contributed by atoms with van der Waals surface area (Å²) >= 11 is 0. The maximum atomic E-state index is 12.0. The standard InChI is InChI=1S/C6H9F4/c1-4(2)3-6(9,10)5(7)8/h4-5H,1,3H2,2H3. The lowest BCUT2D eigenvalue weighted by molar-refractivity contribution is -0.137. The van der Waals surface area contributed by atoms with E-state index in [1.54, 1.807) is 0 Å². The lowest BCUT2D eigenvalue weighted by atomic mass is 10.1. The molecule has 0 bridgehead atoms. The van der Waals surface area contributed by atoms with Crippen molar-refractivity contribution in [3.63, 3.8) is 0 Å². The van der Waals surface area contributed by atoms with Crippen molar-refractivity contribution in [3.05, 3.63) is 6.92 Å². The summed E-state index contributed by atoms with van der Waals surface area (Å²) in [5.41, 5.74) is 0. The summed E-state index contributed by atoms with van der Waals surface area (Å²) in [6.07, 6.45) is -4.43. The minimum Gasteiger partial charge on any atom is -0.204 e. The molecular weight excluding hydrogens is 148 g/mol. The van der Waals surface area contributed by atoms with Crippen LogP contribution in [0, 0.1) is 12.8 Å². The van der Waals surface area contributed by atoms with Gasteiger partial charge in [-0.3, -0.25) is 0 Å². The Bertz CT molecular complexity index is 97.9. The fourth-order valence-electron chi connectivity index (χ4n) is 0.554. The Labute approximate surface area is 57.2 Å². The van der Waals surface area contributed by atoms with Crippen molar-refractivity contribution in [2.24, 2.45) is 5.92 Å². The molecule has 0 rings (SSSR count). The maximum absolute atomic E-state index is 12.0. The third kappa shape index (κ3) is 3.03. The molecular formula is C6H9F4. The van der Waals surface area contributed by atoms with Crippen LogP contribution in [0.5, 0.6) is 0 Å². The van der Waals surface area contributed by atoms with E-state index >= 15 is 0 Å². The van der Waals surface area contributed by atoms with Crippen LogP contribution in [0.1, 0.15) is 13.3 Å². The smallest absolute Gasteiger partial charge is 0.204 e. The molecule has 1 unspecified atom stereocenters. The summed E-state index contributed by atoms with van der Waals surface area (Å²) in [5.74, 6) is -4.52. The highest BCUT2D eigenvalue weighted by molar-refractivity contribution is 4.72. The highest BCUT2D eigenvalue weighted by Crippen LogP contribution is 2.29. The zero-order chi connectivity index (χ0) is 8.36. The van der Waals surface area contributed by atoms with Crippen LogP contribution in [0.15, 0.2) is 0 Å². The molecule has 0 spiro atoms. The quantitative estimate of drug-likeness (QED) is 0.552. The Kier molecular flexibility index (Phi) is 3.12. The minimum atomic E-state index is -3.87. The van der Waals surface area contributed by atoms with Crippen molar-refractivity contribution in [1.29, 1.82) is 0 Å². The lowest BCUT2D eigenvalue weighted by Crippen LogP contribution is -2.28. The Morgan fingerprint density at radius 2 is 1.80 bits per heavy atom. The van der Waals surface area contributed by atoms with Gasteiger partial charge in [0.25, 0.3) is 0 Å². The molecule has 0 aromatic rings. The minimum absolute atomic E-state index is 0.649. The first-order valence-corrected chi connectivity index (χ1v) is 2.85. The third-order valence-corrected chi connectivity index (χ3v) is 0.940. The molecule has 0 heterocycles. The zero-order valence-electron chi connectivity index (χ0n) is 5.58. The molecule has 0 fully saturated rings. The van der Waals surface area contributed by atoms with Crippen LogP contribution in [0.2, 0.25) is 0 Å². The van der Waals surface area contributed by atoms with E-state index in [9.17, 15) is 17.6 Å². The van der Waals surface area contributed by atoms with Crippen LogP contribution in [-0.4, -0.2) is 12.3 Å². The largest absolute Gasteiger partial charge is 0.307 e. The number of hydrogen-bond acceptors (Lipinski definition) is 0. The molecule has 0 N–H and O–H groups in total. The van der Waals surface area contributed by atoms with Crippen molar-refractivity contribution in [2.45, 2.75) is 25.7 Å². The van der Waals surface area contributed by atoms with Crippen molar-refractivity contribution in [1.82, 2.24) is 0 Å². The van der Waals surface area contributed by atoms with Crippen molar-refractivity contribution in [2.75, 3.05) is 0 Å². The molecule has 0 saturated heterocycles. The van der Waals surface area contributed by atoms with Gasteiger partial charge >= 0.3 is 12.3 Å². The first-order valence-electron chi connectivity index (χ1n) is 2.85. The van der Waals surface area contributed by atoms with Gasteiger partial charge in [0.2, 0.25) is 0 Å². The van der Waals surface area contributed by atoms with Gasteiger partial charge in [-0.15, -0.1) is 0 Å². The molecule has 0 aliphatic rings. The van der Waals surface area contributed by atoms with Crippen molar-refractivity contribution < 1.29 is 17.6 Å². The second-order valence-electron chi connectivity index (χ2n) is 2.37.